The fourth-order valence-corrected chi connectivity index (χ4v) is 3.21. The molecule has 0 saturated carbocycles. The Labute approximate surface area is 161 Å². The highest BCUT2D eigenvalue weighted by Crippen LogP contribution is 2.25. The summed E-state index contributed by atoms with van der Waals surface area (Å²) in [6, 6.07) is 24.1. The van der Waals surface area contributed by atoms with Crippen molar-refractivity contribution in [3.05, 3.63) is 102 Å². The normalized spacial score (nSPS) is 10.7. The molecule has 5 heteroatoms. The summed E-state index contributed by atoms with van der Waals surface area (Å²) in [5.41, 5.74) is 3.61. The van der Waals surface area contributed by atoms with Crippen molar-refractivity contribution in [2.45, 2.75) is 6.54 Å². The van der Waals surface area contributed by atoms with Gasteiger partial charge in [-0.1, -0.05) is 48.5 Å². The first-order chi connectivity index (χ1) is 13.6. The molecule has 0 fully saturated rings. The minimum Gasteiger partial charge on any atom is -0.478 e. The maximum atomic E-state index is 12.8. The lowest BCUT2D eigenvalue weighted by Crippen LogP contribution is -2.22. The molecule has 4 aromatic rings. The highest BCUT2D eigenvalue weighted by atomic mass is 16.4. The third kappa shape index (κ3) is 3.38. The van der Waals surface area contributed by atoms with Crippen LogP contribution in [0.25, 0.3) is 16.6 Å². The highest BCUT2D eigenvalue weighted by molar-refractivity contribution is 6.07. The molecule has 1 heterocycles. The highest BCUT2D eigenvalue weighted by Gasteiger charge is 2.15. The van der Waals surface area contributed by atoms with Crippen LogP contribution in [0.5, 0.6) is 0 Å². The van der Waals surface area contributed by atoms with Crippen molar-refractivity contribution < 1.29 is 14.7 Å². The number of carbonyl (C=O) groups excluding carboxylic acids is 1. The lowest BCUT2D eigenvalue weighted by molar-refractivity contribution is 0.0696. The van der Waals surface area contributed by atoms with Crippen LogP contribution in [0.3, 0.4) is 0 Å². The van der Waals surface area contributed by atoms with Gasteiger partial charge in [0.05, 0.1) is 16.6 Å². The summed E-state index contributed by atoms with van der Waals surface area (Å²) in [7, 11) is 0. The Morgan fingerprint density at radius 3 is 2.25 bits per heavy atom. The molecule has 1 aromatic heterocycles. The summed E-state index contributed by atoms with van der Waals surface area (Å²) in [4.78, 5) is 23.8. The van der Waals surface area contributed by atoms with E-state index in [0.29, 0.717) is 12.1 Å². The van der Waals surface area contributed by atoms with Crippen molar-refractivity contribution in [3.63, 3.8) is 0 Å². The number of carbonyl (C=O) groups is 2. The molecule has 0 bridgehead atoms. The second kappa shape index (κ2) is 7.40. The van der Waals surface area contributed by atoms with Crippen molar-refractivity contribution in [1.29, 1.82) is 0 Å². The van der Waals surface area contributed by atoms with Crippen molar-refractivity contribution >= 4 is 22.8 Å². The second-order valence-electron chi connectivity index (χ2n) is 6.45. The fraction of sp³-hybridized carbons (Fsp3) is 0.0435. The molecule has 3 aromatic carbocycles. The molecule has 1 amide bonds. The zero-order valence-electron chi connectivity index (χ0n) is 15.0. The van der Waals surface area contributed by atoms with Crippen LogP contribution in [0.15, 0.2) is 85.1 Å². The molecule has 2 N–H and O–H groups in total. The Morgan fingerprint density at radius 2 is 1.54 bits per heavy atom. The number of fused-ring (bicyclic) bond motifs is 1. The monoisotopic (exact) mass is 370 g/mol. The van der Waals surface area contributed by atoms with Gasteiger partial charge in [0.2, 0.25) is 0 Å². The Morgan fingerprint density at radius 1 is 0.857 bits per heavy atom. The summed E-state index contributed by atoms with van der Waals surface area (Å²) >= 11 is 0. The number of carboxylic acids is 1. The van der Waals surface area contributed by atoms with Crippen LogP contribution in [0, 0.1) is 0 Å². The average Bonchev–Trinajstić information content (AvgIpc) is 3.13. The molecular weight excluding hydrogens is 352 g/mol. The lowest BCUT2D eigenvalue weighted by atomic mass is 10.1. The zero-order chi connectivity index (χ0) is 19.5. The standard InChI is InChI=1S/C23H18N2O3/c26-22(24-14-16-10-12-17(13-11-16)23(27)28)20-15-25(18-6-2-1-3-7-18)21-9-5-4-8-19(20)21/h1-13,15H,14H2,(H,24,26)(H,27,28). The molecule has 5 nitrogen and oxygen atoms in total. The number of hydrogen-bond donors (Lipinski definition) is 2. The van der Waals surface area contributed by atoms with Crippen LogP contribution in [0.1, 0.15) is 26.3 Å². The van der Waals surface area contributed by atoms with Gasteiger partial charge in [-0.25, -0.2) is 4.79 Å². The van der Waals surface area contributed by atoms with Gasteiger partial charge in [0.25, 0.3) is 5.91 Å². The molecule has 0 spiro atoms. The Hall–Kier alpha value is -3.86. The third-order valence-electron chi connectivity index (χ3n) is 4.64. The predicted molar refractivity (Wildman–Crippen MR) is 108 cm³/mol. The van der Waals surface area contributed by atoms with Gasteiger partial charge in [-0.3, -0.25) is 4.79 Å². The molecule has 4 rings (SSSR count). The van der Waals surface area contributed by atoms with E-state index in [2.05, 4.69) is 5.32 Å². The van der Waals surface area contributed by atoms with Crippen molar-refractivity contribution in [1.82, 2.24) is 9.88 Å². The molecule has 0 saturated heterocycles. The third-order valence-corrected chi connectivity index (χ3v) is 4.64. The van der Waals surface area contributed by atoms with E-state index in [1.54, 1.807) is 12.1 Å². The number of nitrogens with one attached hydrogen (secondary N) is 1. The van der Waals surface area contributed by atoms with Gasteiger partial charge in [-0.2, -0.15) is 0 Å². The summed E-state index contributed by atoms with van der Waals surface area (Å²) in [5.74, 6) is -1.14. The lowest BCUT2D eigenvalue weighted by Gasteiger charge is -2.05. The number of para-hydroxylation sites is 2. The first kappa shape index (κ1) is 17.5. The van der Waals surface area contributed by atoms with Crippen LogP contribution in [0.2, 0.25) is 0 Å². The molecule has 138 valence electrons. The van der Waals surface area contributed by atoms with E-state index in [9.17, 15) is 9.59 Å². The molecule has 0 unspecified atom stereocenters. The van der Waals surface area contributed by atoms with Gasteiger partial charge in [0.15, 0.2) is 0 Å². The van der Waals surface area contributed by atoms with E-state index in [-0.39, 0.29) is 11.5 Å². The van der Waals surface area contributed by atoms with Crippen molar-refractivity contribution in [2.75, 3.05) is 0 Å². The van der Waals surface area contributed by atoms with E-state index in [4.69, 9.17) is 5.11 Å². The molecule has 0 radical (unpaired) electrons. The second-order valence-corrected chi connectivity index (χ2v) is 6.45. The smallest absolute Gasteiger partial charge is 0.335 e. The molecule has 0 aliphatic carbocycles. The van der Waals surface area contributed by atoms with Crippen LogP contribution in [0.4, 0.5) is 0 Å². The van der Waals surface area contributed by atoms with Gasteiger partial charge in [-0.05, 0) is 35.9 Å². The maximum Gasteiger partial charge on any atom is 0.335 e. The summed E-state index contributed by atoms with van der Waals surface area (Å²) in [5, 5.41) is 12.8. The Kier molecular flexibility index (Phi) is 4.64. The molecule has 28 heavy (non-hydrogen) atoms. The van der Waals surface area contributed by atoms with Crippen LogP contribution >= 0.6 is 0 Å². The number of hydrogen-bond acceptors (Lipinski definition) is 2. The van der Waals surface area contributed by atoms with Crippen LogP contribution in [-0.4, -0.2) is 21.6 Å². The minimum atomic E-state index is -0.968. The predicted octanol–water partition coefficient (Wildman–Crippen LogP) is 4.26. The van der Waals surface area contributed by atoms with E-state index < -0.39 is 5.97 Å². The summed E-state index contributed by atoms with van der Waals surface area (Å²) < 4.78 is 2.01. The van der Waals surface area contributed by atoms with E-state index >= 15 is 0 Å². The number of aromatic carboxylic acids is 1. The van der Waals surface area contributed by atoms with Gasteiger partial charge in [0.1, 0.15) is 0 Å². The first-order valence-electron chi connectivity index (χ1n) is 8.89. The topological polar surface area (TPSA) is 71.3 Å². The van der Waals surface area contributed by atoms with Crippen LogP contribution < -0.4 is 5.32 Å². The number of aromatic nitrogens is 1. The Balaban J connectivity index is 1.60. The Bertz CT molecular complexity index is 1150. The fourth-order valence-electron chi connectivity index (χ4n) is 3.21. The van der Waals surface area contributed by atoms with Gasteiger partial charge in [0, 0.05) is 23.8 Å². The van der Waals surface area contributed by atoms with Crippen molar-refractivity contribution in [2.24, 2.45) is 0 Å². The number of nitrogens with zero attached hydrogens (tertiary/aromatic N) is 1. The van der Waals surface area contributed by atoms with E-state index in [1.807, 2.05) is 65.4 Å². The van der Waals surface area contributed by atoms with Gasteiger partial charge >= 0.3 is 5.97 Å². The molecule has 0 aliphatic heterocycles. The SMILES string of the molecule is O=C(O)c1ccc(CNC(=O)c2cn(-c3ccccc3)c3ccccc23)cc1. The molecule has 0 atom stereocenters. The van der Waals surface area contributed by atoms with Crippen molar-refractivity contribution in [3.8, 4) is 5.69 Å². The van der Waals surface area contributed by atoms with E-state index in [0.717, 1.165) is 22.2 Å². The summed E-state index contributed by atoms with van der Waals surface area (Å²) in [6.07, 6.45) is 1.85. The summed E-state index contributed by atoms with van der Waals surface area (Å²) in [6.45, 7) is 0.323. The quantitative estimate of drug-likeness (QED) is 0.551. The van der Waals surface area contributed by atoms with E-state index in [1.165, 1.54) is 12.1 Å². The van der Waals surface area contributed by atoms with Crippen LogP contribution in [-0.2, 0) is 6.54 Å². The number of amides is 1. The molecular formula is C23H18N2O3. The van der Waals surface area contributed by atoms with Gasteiger partial charge in [-0.15, -0.1) is 0 Å². The number of carboxylic acid groups (broad SMARTS) is 1. The minimum absolute atomic E-state index is 0.173. The first-order valence-corrected chi connectivity index (χ1v) is 8.89. The maximum absolute atomic E-state index is 12.8. The zero-order valence-corrected chi connectivity index (χ0v) is 15.0. The number of rotatable bonds is 5. The molecule has 0 aliphatic rings. The average molecular weight is 370 g/mol. The largest absolute Gasteiger partial charge is 0.478 e. The van der Waals surface area contributed by atoms with Gasteiger partial charge < -0.3 is 15.0 Å². The number of benzene rings is 3.